The van der Waals surface area contributed by atoms with Crippen molar-refractivity contribution in [1.82, 2.24) is 0 Å². The number of hydrogen-bond acceptors (Lipinski definition) is 3. The molecule has 0 aromatic heterocycles. The summed E-state index contributed by atoms with van der Waals surface area (Å²) in [5.74, 6) is 0.656. The number of nitrogens with zero attached hydrogens (tertiary/aromatic N) is 1. The molecule has 1 aromatic carbocycles. The second-order valence-corrected chi connectivity index (χ2v) is 5.90. The highest BCUT2D eigenvalue weighted by atomic mass is 35.5. The van der Waals surface area contributed by atoms with Gasteiger partial charge in [-0.15, -0.1) is 0 Å². The molecule has 0 bridgehead atoms. The monoisotopic (exact) mass is 270 g/mol. The molecule has 0 saturated heterocycles. The van der Waals surface area contributed by atoms with Gasteiger partial charge in [0.1, 0.15) is 6.07 Å². The molecule has 1 N–H and O–H groups in total. The number of rotatable bonds is 5. The highest BCUT2D eigenvalue weighted by Gasteiger charge is 2.07. The van der Waals surface area contributed by atoms with Gasteiger partial charge in [-0.1, -0.05) is 11.6 Å². The van der Waals surface area contributed by atoms with E-state index in [1.54, 1.807) is 24.5 Å². The van der Waals surface area contributed by atoms with Crippen molar-refractivity contribution >= 4 is 28.1 Å². The summed E-state index contributed by atoms with van der Waals surface area (Å²) in [5.41, 5.74) is 1.30. The molecule has 2 atom stereocenters. The van der Waals surface area contributed by atoms with Gasteiger partial charge in [0, 0.05) is 33.9 Å². The van der Waals surface area contributed by atoms with Gasteiger partial charge in [0.25, 0.3) is 0 Å². The van der Waals surface area contributed by atoms with Crippen molar-refractivity contribution in [1.29, 1.82) is 5.26 Å². The summed E-state index contributed by atoms with van der Waals surface area (Å²) in [6.07, 6.45) is 2.49. The van der Waals surface area contributed by atoms with Crippen LogP contribution in [0, 0.1) is 11.3 Å². The average Bonchev–Trinajstić information content (AvgIpc) is 2.28. The molecule has 0 amide bonds. The highest BCUT2D eigenvalue weighted by molar-refractivity contribution is 7.84. The van der Waals surface area contributed by atoms with Crippen molar-refractivity contribution < 1.29 is 4.21 Å². The van der Waals surface area contributed by atoms with Crippen LogP contribution in [0.4, 0.5) is 5.69 Å². The van der Waals surface area contributed by atoms with E-state index in [4.69, 9.17) is 16.9 Å². The summed E-state index contributed by atoms with van der Waals surface area (Å²) < 4.78 is 11.0. The number of nitrogens with one attached hydrogen (secondary N) is 1. The minimum absolute atomic E-state index is 0.173. The van der Waals surface area contributed by atoms with E-state index in [1.165, 1.54) is 0 Å². The molecule has 0 aliphatic rings. The van der Waals surface area contributed by atoms with E-state index in [-0.39, 0.29) is 6.04 Å². The predicted molar refractivity (Wildman–Crippen MR) is 72.8 cm³/mol. The SMILES string of the molecule is CC(CCS(C)=O)Nc1ccc(Cl)cc1C#N. The third kappa shape index (κ3) is 4.76. The maximum Gasteiger partial charge on any atom is 0.101 e. The lowest BCUT2D eigenvalue weighted by Crippen LogP contribution is -2.18. The Balaban J connectivity index is 2.68. The van der Waals surface area contributed by atoms with Crippen LogP contribution in [0.2, 0.25) is 5.02 Å². The molecule has 0 radical (unpaired) electrons. The smallest absolute Gasteiger partial charge is 0.101 e. The van der Waals surface area contributed by atoms with Gasteiger partial charge in [-0.25, -0.2) is 0 Å². The molecule has 1 rings (SSSR count). The first-order valence-electron chi connectivity index (χ1n) is 5.29. The zero-order chi connectivity index (χ0) is 12.8. The van der Waals surface area contributed by atoms with Crippen LogP contribution in [0.1, 0.15) is 18.9 Å². The molecule has 0 aliphatic carbocycles. The number of nitriles is 1. The first-order chi connectivity index (χ1) is 8.02. The molecule has 0 saturated carbocycles. The highest BCUT2D eigenvalue weighted by Crippen LogP contribution is 2.20. The lowest BCUT2D eigenvalue weighted by molar-refractivity contribution is 0.678. The van der Waals surface area contributed by atoms with Gasteiger partial charge in [0.15, 0.2) is 0 Å². The molecule has 0 heterocycles. The summed E-state index contributed by atoms with van der Waals surface area (Å²) in [6.45, 7) is 2.00. The van der Waals surface area contributed by atoms with Crippen LogP contribution in [0.15, 0.2) is 18.2 Å². The summed E-state index contributed by atoms with van der Waals surface area (Å²) in [4.78, 5) is 0. The van der Waals surface area contributed by atoms with Crippen molar-refractivity contribution in [2.24, 2.45) is 0 Å². The lowest BCUT2D eigenvalue weighted by Gasteiger charge is -2.15. The van der Waals surface area contributed by atoms with E-state index in [9.17, 15) is 4.21 Å². The Morgan fingerprint density at radius 1 is 1.59 bits per heavy atom. The molecule has 5 heteroatoms. The molecule has 2 unspecified atom stereocenters. The summed E-state index contributed by atoms with van der Waals surface area (Å²) >= 11 is 5.82. The molecule has 3 nitrogen and oxygen atoms in total. The van der Waals surface area contributed by atoms with Crippen molar-refractivity contribution in [3.05, 3.63) is 28.8 Å². The van der Waals surface area contributed by atoms with Gasteiger partial charge in [-0.05, 0) is 31.5 Å². The van der Waals surface area contributed by atoms with Crippen LogP contribution < -0.4 is 5.32 Å². The van der Waals surface area contributed by atoms with Gasteiger partial charge >= 0.3 is 0 Å². The Morgan fingerprint density at radius 2 is 2.29 bits per heavy atom. The fraction of sp³-hybridized carbons (Fsp3) is 0.417. The van der Waals surface area contributed by atoms with E-state index in [1.807, 2.05) is 6.92 Å². The van der Waals surface area contributed by atoms with Crippen LogP contribution in [0.5, 0.6) is 0 Å². The summed E-state index contributed by atoms with van der Waals surface area (Å²) in [7, 11) is -0.781. The average molecular weight is 271 g/mol. The van der Waals surface area contributed by atoms with Crippen molar-refractivity contribution in [3.63, 3.8) is 0 Å². The number of anilines is 1. The standard InChI is InChI=1S/C12H15ClN2OS/c1-9(5-6-17(2)16)15-12-4-3-11(13)7-10(12)8-14/h3-4,7,9,15H,5-6H2,1-2H3. The van der Waals surface area contributed by atoms with Gasteiger partial charge in [-0.2, -0.15) is 5.26 Å². The van der Waals surface area contributed by atoms with Crippen LogP contribution in [0.25, 0.3) is 0 Å². The van der Waals surface area contributed by atoms with Crippen LogP contribution in [-0.2, 0) is 10.8 Å². The number of hydrogen-bond donors (Lipinski definition) is 1. The van der Waals surface area contributed by atoms with Crippen LogP contribution in [0.3, 0.4) is 0 Å². The van der Waals surface area contributed by atoms with Gasteiger partial charge < -0.3 is 5.32 Å². The molecule has 17 heavy (non-hydrogen) atoms. The van der Waals surface area contributed by atoms with Gasteiger partial charge in [-0.3, -0.25) is 4.21 Å². The van der Waals surface area contributed by atoms with E-state index in [0.717, 1.165) is 12.1 Å². The number of benzene rings is 1. The Hall–Kier alpha value is -1.05. The Labute approximate surface area is 109 Å². The molecule has 0 aliphatic heterocycles. The molecule has 92 valence electrons. The lowest BCUT2D eigenvalue weighted by atomic mass is 10.1. The van der Waals surface area contributed by atoms with Gasteiger partial charge in [0.2, 0.25) is 0 Å². The first kappa shape index (κ1) is 14.0. The van der Waals surface area contributed by atoms with Crippen molar-refractivity contribution in [2.75, 3.05) is 17.3 Å². The van der Waals surface area contributed by atoms with Crippen LogP contribution in [-0.4, -0.2) is 22.3 Å². The quantitative estimate of drug-likeness (QED) is 0.895. The van der Waals surface area contributed by atoms with E-state index >= 15 is 0 Å². The zero-order valence-corrected chi connectivity index (χ0v) is 11.4. The minimum Gasteiger partial charge on any atom is -0.381 e. The second kappa shape index (κ2) is 6.63. The second-order valence-electron chi connectivity index (χ2n) is 3.91. The van der Waals surface area contributed by atoms with E-state index < -0.39 is 10.8 Å². The van der Waals surface area contributed by atoms with E-state index in [2.05, 4.69) is 11.4 Å². The maximum absolute atomic E-state index is 11.0. The Kier molecular flexibility index (Phi) is 5.46. The van der Waals surface area contributed by atoms with E-state index in [0.29, 0.717) is 16.3 Å². The van der Waals surface area contributed by atoms with Crippen molar-refractivity contribution in [2.45, 2.75) is 19.4 Å². The van der Waals surface area contributed by atoms with Crippen molar-refractivity contribution in [3.8, 4) is 6.07 Å². The first-order valence-corrected chi connectivity index (χ1v) is 7.39. The molecular weight excluding hydrogens is 256 g/mol. The normalized spacial score (nSPS) is 13.8. The number of halogens is 1. The third-order valence-electron chi connectivity index (χ3n) is 2.34. The largest absolute Gasteiger partial charge is 0.381 e. The zero-order valence-electron chi connectivity index (χ0n) is 9.87. The summed E-state index contributed by atoms with van der Waals surface area (Å²) in [6, 6.07) is 7.44. The maximum atomic E-state index is 11.0. The fourth-order valence-corrected chi connectivity index (χ4v) is 2.27. The third-order valence-corrected chi connectivity index (χ3v) is 3.39. The molecular formula is C12H15ClN2OS. The molecule has 1 aromatic rings. The molecule has 0 fully saturated rings. The fourth-order valence-electron chi connectivity index (χ4n) is 1.42. The topological polar surface area (TPSA) is 52.9 Å². The van der Waals surface area contributed by atoms with Crippen LogP contribution >= 0.6 is 11.6 Å². The van der Waals surface area contributed by atoms with Gasteiger partial charge in [0.05, 0.1) is 11.3 Å². The molecule has 0 spiro atoms. The predicted octanol–water partition coefficient (Wildman–Crippen LogP) is 2.78. The minimum atomic E-state index is -0.781. The Bertz CT molecular complexity index is 456. The Morgan fingerprint density at radius 3 is 2.88 bits per heavy atom. The summed E-state index contributed by atoms with van der Waals surface area (Å²) in [5, 5.41) is 12.8.